The molecule has 1 aromatic heterocycles. The number of carbonyl (C=O) groups excluding carboxylic acids is 1. The van der Waals surface area contributed by atoms with Crippen LogP contribution in [-0.2, 0) is 13.5 Å². The smallest absolute Gasteiger partial charge is 0.271 e. The van der Waals surface area contributed by atoms with Crippen LogP contribution in [0.1, 0.15) is 69.1 Å². The molecule has 1 atom stereocenters. The monoisotopic (exact) mass is 280 g/mol. The number of nitrogens with two attached hydrogens (primary N) is 1. The van der Waals surface area contributed by atoms with Crippen LogP contribution in [0.2, 0.25) is 0 Å². The highest BCUT2D eigenvalue weighted by atomic mass is 16.2. The summed E-state index contributed by atoms with van der Waals surface area (Å²) in [5, 5.41) is 7.40. The fourth-order valence-electron chi connectivity index (χ4n) is 2.47. The number of nitrogens with one attached hydrogen (secondary N) is 1. The molecule has 5 heteroatoms. The Morgan fingerprint density at radius 3 is 2.50 bits per heavy atom. The van der Waals surface area contributed by atoms with Gasteiger partial charge in [0.1, 0.15) is 5.69 Å². The molecule has 0 aromatic carbocycles. The minimum atomic E-state index is -0.105. The molecule has 0 radical (unpaired) electrons. The lowest BCUT2D eigenvalue weighted by atomic mass is 10.0. The fourth-order valence-corrected chi connectivity index (χ4v) is 2.47. The summed E-state index contributed by atoms with van der Waals surface area (Å²) in [4.78, 5) is 12.4. The molecule has 3 N–H and O–H groups in total. The van der Waals surface area contributed by atoms with E-state index in [0.29, 0.717) is 11.4 Å². The number of hydrogen-bond donors (Lipinski definition) is 2. The van der Waals surface area contributed by atoms with Crippen LogP contribution in [0.25, 0.3) is 0 Å². The number of carbonyl (C=O) groups is 1. The highest BCUT2D eigenvalue weighted by Gasteiger charge is 2.21. The van der Waals surface area contributed by atoms with Crippen molar-refractivity contribution in [2.45, 2.75) is 65.3 Å². The lowest BCUT2D eigenvalue weighted by Crippen LogP contribution is -2.36. The van der Waals surface area contributed by atoms with E-state index >= 15 is 0 Å². The van der Waals surface area contributed by atoms with Gasteiger partial charge in [-0.3, -0.25) is 9.48 Å². The normalized spacial score (nSPS) is 12.4. The first kappa shape index (κ1) is 16.5. The second-order valence-corrected chi connectivity index (χ2v) is 5.29. The second kappa shape index (κ2) is 7.92. The van der Waals surface area contributed by atoms with Crippen molar-refractivity contribution in [3.8, 4) is 0 Å². The molecule has 0 aliphatic heterocycles. The van der Waals surface area contributed by atoms with Gasteiger partial charge in [0.2, 0.25) is 0 Å². The van der Waals surface area contributed by atoms with Gasteiger partial charge in [-0.05, 0) is 19.3 Å². The molecule has 0 aliphatic carbocycles. The van der Waals surface area contributed by atoms with Crippen molar-refractivity contribution in [3.63, 3.8) is 0 Å². The Morgan fingerprint density at radius 1 is 1.30 bits per heavy atom. The van der Waals surface area contributed by atoms with Gasteiger partial charge < -0.3 is 11.1 Å². The van der Waals surface area contributed by atoms with Crippen LogP contribution in [0.4, 0.5) is 5.69 Å². The summed E-state index contributed by atoms with van der Waals surface area (Å²) in [5.74, 6) is -0.105. The highest BCUT2D eigenvalue weighted by molar-refractivity contribution is 5.98. The van der Waals surface area contributed by atoms with Crippen molar-refractivity contribution >= 4 is 11.6 Å². The van der Waals surface area contributed by atoms with E-state index in [0.717, 1.165) is 44.2 Å². The molecule has 1 heterocycles. The SMILES string of the molecule is CCCCC(CCC)NC(=O)c1c(N)c(CC)nn1C. The third-order valence-electron chi connectivity index (χ3n) is 3.59. The maximum absolute atomic E-state index is 12.4. The van der Waals surface area contributed by atoms with Crippen LogP contribution in [0, 0.1) is 0 Å². The predicted molar refractivity (Wildman–Crippen MR) is 82.7 cm³/mol. The maximum Gasteiger partial charge on any atom is 0.271 e. The molecule has 0 aliphatic rings. The number of hydrogen-bond acceptors (Lipinski definition) is 3. The van der Waals surface area contributed by atoms with E-state index in [1.807, 2.05) is 6.92 Å². The Morgan fingerprint density at radius 2 is 2.00 bits per heavy atom. The van der Waals surface area contributed by atoms with E-state index < -0.39 is 0 Å². The van der Waals surface area contributed by atoms with Gasteiger partial charge in [0.15, 0.2) is 0 Å². The van der Waals surface area contributed by atoms with Crippen molar-refractivity contribution in [2.24, 2.45) is 7.05 Å². The zero-order valence-electron chi connectivity index (χ0n) is 13.2. The number of rotatable bonds is 8. The van der Waals surface area contributed by atoms with Gasteiger partial charge >= 0.3 is 0 Å². The Kier molecular flexibility index (Phi) is 6.55. The summed E-state index contributed by atoms with van der Waals surface area (Å²) in [7, 11) is 1.77. The molecule has 1 aromatic rings. The molecule has 1 unspecified atom stereocenters. The van der Waals surface area contributed by atoms with Gasteiger partial charge in [0, 0.05) is 13.1 Å². The van der Waals surface area contributed by atoms with E-state index in [1.54, 1.807) is 11.7 Å². The summed E-state index contributed by atoms with van der Waals surface area (Å²) in [6.45, 7) is 6.29. The molecular formula is C15H28N4O. The van der Waals surface area contributed by atoms with Gasteiger partial charge in [0.25, 0.3) is 5.91 Å². The van der Waals surface area contributed by atoms with Crippen molar-refractivity contribution in [2.75, 3.05) is 5.73 Å². The first-order chi connectivity index (χ1) is 9.54. The average molecular weight is 280 g/mol. The molecule has 114 valence electrons. The fraction of sp³-hybridized carbons (Fsp3) is 0.733. The van der Waals surface area contributed by atoms with Crippen molar-refractivity contribution in [1.82, 2.24) is 15.1 Å². The molecule has 0 spiro atoms. The summed E-state index contributed by atoms with van der Waals surface area (Å²) < 4.78 is 1.59. The Hall–Kier alpha value is -1.52. The predicted octanol–water partition coefficient (Wildman–Crippen LogP) is 2.65. The minimum absolute atomic E-state index is 0.105. The number of unbranched alkanes of at least 4 members (excludes halogenated alkanes) is 1. The standard InChI is InChI=1S/C15H28N4O/c1-5-8-10-11(9-6-2)17-15(20)14-13(16)12(7-3)18-19(14)4/h11H,5-10,16H2,1-4H3,(H,17,20). The molecule has 0 bridgehead atoms. The number of nitrogens with zero attached hydrogens (tertiary/aromatic N) is 2. The zero-order chi connectivity index (χ0) is 15.1. The Labute approximate surface area is 121 Å². The molecule has 1 amide bonds. The van der Waals surface area contributed by atoms with Crippen LogP contribution >= 0.6 is 0 Å². The van der Waals surface area contributed by atoms with Gasteiger partial charge in [-0.1, -0.05) is 40.0 Å². The van der Waals surface area contributed by atoms with Gasteiger partial charge in [-0.15, -0.1) is 0 Å². The van der Waals surface area contributed by atoms with E-state index in [9.17, 15) is 4.79 Å². The molecule has 0 fully saturated rings. The molecule has 1 rings (SSSR count). The van der Waals surface area contributed by atoms with Crippen molar-refractivity contribution in [3.05, 3.63) is 11.4 Å². The molecular weight excluding hydrogens is 252 g/mol. The average Bonchev–Trinajstić information content (AvgIpc) is 2.70. The van der Waals surface area contributed by atoms with Crippen LogP contribution in [0.5, 0.6) is 0 Å². The van der Waals surface area contributed by atoms with Crippen molar-refractivity contribution < 1.29 is 4.79 Å². The van der Waals surface area contributed by atoms with Gasteiger partial charge in [-0.25, -0.2) is 0 Å². The molecule has 0 saturated carbocycles. The number of anilines is 1. The number of amides is 1. The van der Waals surface area contributed by atoms with E-state index in [4.69, 9.17) is 5.73 Å². The lowest BCUT2D eigenvalue weighted by Gasteiger charge is -2.18. The topological polar surface area (TPSA) is 72.9 Å². The van der Waals surface area contributed by atoms with Crippen LogP contribution in [-0.4, -0.2) is 21.7 Å². The summed E-state index contributed by atoms with van der Waals surface area (Å²) in [5.41, 5.74) is 7.81. The van der Waals surface area contributed by atoms with Crippen molar-refractivity contribution in [1.29, 1.82) is 0 Å². The minimum Gasteiger partial charge on any atom is -0.395 e. The number of aromatic nitrogens is 2. The van der Waals surface area contributed by atoms with E-state index in [1.165, 1.54) is 0 Å². The molecule has 0 saturated heterocycles. The highest BCUT2D eigenvalue weighted by Crippen LogP contribution is 2.17. The summed E-state index contributed by atoms with van der Waals surface area (Å²) >= 11 is 0. The lowest BCUT2D eigenvalue weighted by molar-refractivity contribution is 0.0923. The number of nitrogen functional groups attached to an aromatic ring is 1. The van der Waals surface area contributed by atoms with Crippen LogP contribution in [0.15, 0.2) is 0 Å². The Bertz CT molecular complexity index is 439. The number of aryl methyl sites for hydroxylation is 2. The molecule has 20 heavy (non-hydrogen) atoms. The quantitative estimate of drug-likeness (QED) is 0.769. The Balaban J connectivity index is 2.80. The third-order valence-corrected chi connectivity index (χ3v) is 3.59. The van der Waals surface area contributed by atoms with Crippen LogP contribution < -0.4 is 11.1 Å². The maximum atomic E-state index is 12.4. The second-order valence-electron chi connectivity index (χ2n) is 5.29. The van der Waals surface area contributed by atoms with E-state index in [2.05, 4.69) is 24.3 Å². The first-order valence-electron chi connectivity index (χ1n) is 7.67. The zero-order valence-corrected chi connectivity index (χ0v) is 13.2. The van der Waals surface area contributed by atoms with Gasteiger partial charge in [0.05, 0.1) is 11.4 Å². The van der Waals surface area contributed by atoms with Crippen LogP contribution in [0.3, 0.4) is 0 Å². The first-order valence-corrected chi connectivity index (χ1v) is 7.67. The van der Waals surface area contributed by atoms with E-state index in [-0.39, 0.29) is 11.9 Å². The largest absolute Gasteiger partial charge is 0.395 e. The molecule has 5 nitrogen and oxygen atoms in total. The summed E-state index contributed by atoms with van der Waals surface area (Å²) in [6.07, 6.45) is 6.10. The third kappa shape index (κ3) is 3.99. The van der Waals surface area contributed by atoms with Gasteiger partial charge in [-0.2, -0.15) is 5.10 Å². The summed E-state index contributed by atoms with van der Waals surface area (Å²) in [6, 6.07) is 0.229.